The maximum absolute atomic E-state index is 4.72. The third kappa shape index (κ3) is 2.90. The molecular weight excluding hydrogens is 322 g/mol. The smallest absolute Gasteiger partial charge is 0.230 e. The molecule has 0 radical (unpaired) electrons. The van der Waals surface area contributed by atoms with E-state index in [0.717, 1.165) is 59.8 Å². The molecule has 0 spiro atoms. The summed E-state index contributed by atoms with van der Waals surface area (Å²) in [5.41, 5.74) is 4.25. The molecule has 5 nitrogen and oxygen atoms in total. The fourth-order valence-electron chi connectivity index (χ4n) is 3.34. The summed E-state index contributed by atoms with van der Waals surface area (Å²) in [7, 11) is 0. The summed E-state index contributed by atoms with van der Waals surface area (Å²) in [6, 6.07) is 16.4. The van der Waals surface area contributed by atoms with Gasteiger partial charge in [0.2, 0.25) is 5.95 Å². The van der Waals surface area contributed by atoms with Gasteiger partial charge in [-0.2, -0.15) is 0 Å². The normalized spacial score (nSPS) is 11.9. The Bertz CT molecular complexity index is 1070. The lowest BCUT2D eigenvalue weighted by Crippen LogP contribution is -2.01. The van der Waals surface area contributed by atoms with Crippen LogP contribution in [0.5, 0.6) is 0 Å². The molecule has 4 aromatic rings. The number of nitrogens with zero attached hydrogens (tertiary/aromatic N) is 5. The van der Waals surface area contributed by atoms with Crippen LogP contribution < -0.4 is 0 Å². The van der Waals surface area contributed by atoms with Gasteiger partial charge in [-0.3, -0.25) is 0 Å². The summed E-state index contributed by atoms with van der Waals surface area (Å²) >= 11 is 0. The fraction of sp³-hybridized carbons (Fsp3) is 0.286. The van der Waals surface area contributed by atoms with Crippen LogP contribution in [0.1, 0.15) is 32.5 Å². The molecule has 0 saturated carbocycles. The number of aliphatic imine (C=N–C) groups is 1. The highest BCUT2D eigenvalue weighted by Crippen LogP contribution is 2.23. The van der Waals surface area contributed by atoms with E-state index in [4.69, 9.17) is 15.0 Å². The zero-order valence-electron chi connectivity index (χ0n) is 15.3. The van der Waals surface area contributed by atoms with Crippen LogP contribution in [0, 0.1) is 0 Å². The fourth-order valence-corrected chi connectivity index (χ4v) is 3.34. The Hall–Kier alpha value is -2.95. The summed E-state index contributed by atoms with van der Waals surface area (Å²) in [6.07, 6.45) is 4.09. The highest BCUT2D eigenvalue weighted by Gasteiger charge is 2.10. The Labute approximate surface area is 153 Å². The summed E-state index contributed by atoms with van der Waals surface area (Å²) in [4.78, 5) is 14.2. The third-order valence-electron chi connectivity index (χ3n) is 4.67. The van der Waals surface area contributed by atoms with E-state index in [1.807, 2.05) is 36.5 Å². The van der Waals surface area contributed by atoms with Gasteiger partial charge in [0.1, 0.15) is 0 Å². The minimum atomic E-state index is 0.745. The Balaban J connectivity index is 1.77. The molecule has 0 aliphatic rings. The largest absolute Gasteiger partial charge is 0.323 e. The number of para-hydroxylation sites is 4. The number of unbranched alkanes of at least 4 members (excludes halogenated alkanes) is 1. The molecule has 2 heterocycles. The van der Waals surface area contributed by atoms with E-state index in [2.05, 4.69) is 41.2 Å². The first kappa shape index (κ1) is 16.5. The third-order valence-corrected chi connectivity index (χ3v) is 4.67. The van der Waals surface area contributed by atoms with Crippen LogP contribution in [-0.4, -0.2) is 25.3 Å². The van der Waals surface area contributed by atoms with Gasteiger partial charge in [-0.05, 0) is 37.6 Å². The second kappa shape index (κ2) is 7.12. The molecule has 0 unspecified atom stereocenters. The quantitative estimate of drug-likeness (QED) is 0.464. The van der Waals surface area contributed by atoms with Crippen LogP contribution in [0.4, 0.5) is 5.95 Å². The molecule has 0 N–H and O–H groups in total. The zero-order valence-corrected chi connectivity index (χ0v) is 15.3. The number of fused-ring (bicyclic) bond motifs is 2. The van der Waals surface area contributed by atoms with Crippen LogP contribution in [0.25, 0.3) is 22.1 Å². The van der Waals surface area contributed by atoms with E-state index in [-0.39, 0.29) is 0 Å². The van der Waals surface area contributed by atoms with E-state index >= 15 is 0 Å². The number of rotatable bonds is 6. The van der Waals surface area contributed by atoms with Crippen molar-refractivity contribution in [2.24, 2.45) is 4.99 Å². The average Bonchev–Trinajstić information content (AvgIpc) is 3.21. The summed E-state index contributed by atoms with van der Waals surface area (Å²) in [5, 5.41) is 0. The van der Waals surface area contributed by atoms with Crippen LogP contribution in [-0.2, 0) is 13.1 Å². The Morgan fingerprint density at radius 2 is 1.54 bits per heavy atom. The number of benzene rings is 2. The van der Waals surface area contributed by atoms with E-state index in [0.29, 0.717) is 0 Å². The number of hydrogen-bond acceptors (Lipinski definition) is 3. The topological polar surface area (TPSA) is 48.0 Å². The van der Waals surface area contributed by atoms with Crippen LogP contribution in [0.2, 0.25) is 0 Å². The number of imidazole rings is 2. The predicted molar refractivity (Wildman–Crippen MR) is 107 cm³/mol. The van der Waals surface area contributed by atoms with Crippen molar-refractivity contribution in [3.63, 3.8) is 0 Å². The second-order valence-corrected chi connectivity index (χ2v) is 6.37. The molecule has 0 saturated heterocycles. The molecule has 26 heavy (non-hydrogen) atoms. The maximum Gasteiger partial charge on any atom is 0.230 e. The second-order valence-electron chi connectivity index (χ2n) is 6.37. The minimum Gasteiger partial charge on any atom is -0.323 e. The van der Waals surface area contributed by atoms with Gasteiger partial charge < -0.3 is 9.13 Å². The number of aryl methyl sites for hydroxylation is 2. The molecule has 0 aliphatic carbocycles. The van der Waals surface area contributed by atoms with Crippen LogP contribution >= 0.6 is 0 Å². The van der Waals surface area contributed by atoms with E-state index in [9.17, 15) is 0 Å². The zero-order chi connectivity index (χ0) is 17.9. The van der Waals surface area contributed by atoms with Gasteiger partial charge in [-0.15, -0.1) is 0 Å². The molecule has 0 amide bonds. The lowest BCUT2D eigenvalue weighted by atomic mass is 10.3. The van der Waals surface area contributed by atoms with Crippen molar-refractivity contribution >= 4 is 34.2 Å². The first-order chi connectivity index (χ1) is 12.8. The van der Waals surface area contributed by atoms with Crippen molar-refractivity contribution < 1.29 is 0 Å². The number of hydrogen-bond donors (Lipinski definition) is 0. The van der Waals surface area contributed by atoms with Gasteiger partial charge in [-0.1, -0.05) is 37.6 Å². The summed E-state index contributed by atoms with van der Waals surface area (Å²) in [5.74, 6) is 1.61. The van der Waals surface area contributed by atoms with Crippen molar-refractivity contribution in [2.75, 3.05) is 0 Å². The van der Waals surface area contributed by atoms with Crippen molar-refractivity contribution in [1.29, 1.82) is 0 Å². The van der Waals surface area contributed by atoms with Crippen molar-refractivity contribution in [3.05, 3.63) is 54.4 Å². The lowest BCUT2D eigenvalue weighted by Gasteiger charge is -2.05. The molecule has 0 atom stereocenters. The van der Waals surface area contributed by atoms with Crippen LogP contribution in [0.3, 0.4) is 0 Å². The maximum atomic E-state index is 4.72. The standard InChI is InChI=1S/C21H23N5/c1-3-5-14-26-19-13-9-7-11-17(19)24-21(26)22-15-20-23-16-10-6-8-12-18(16)25(20)4-2/h6-13,15H,3-5,14H2,1-2H3. The lowest BCUT2D eigenvalue weighted by molar-refractivity contribution is 0.649. The highest BCUT2D eigenvalue weighted by atomic mass is 15.2. The highest BCUT2D eigenvalue weighted by molar-refractivity contribution is 5.86. The van der Waals surface area contributed by atoms with Gasteiger partial charge >= 0.3 is 0 Å². The molecule has 0 fully saturated rings. The van der Waals surface area contributed by atoms with Gasteiger partial charge in [0.25, 0.3) is 0 Å². The SMILES string of the molecule is CCCCn1c(N=Cc2nc3ccccc3n2CC)nc2ccccc21. The van der Waals surface area contributed by atoms with E-state index in [1.54, 1.807) is 0 Å². The first-order valence-electron chi connectivity index (χ1n) is 9.26. The van der Waals surface area contributed by atoms with Gasteiger partial charge in [0.15, 0.2) is 5.82 Å². The molecule has 2 aromatic heterocycles. The summed E-state index contributed by atoms with van der Waals surface area (Å²) in [6.45, 7) is 6.11. The average molecular weight is 345 g/mol. The molecule has 0 aliphatic heterocycles. The molecule has 2 aromatic carbocycles. The van der Waals surface area contributed by atoms with E-state index in [1.165, 1.54) is 0 Å². The molecule has 132 valence electrons. The van der Waals surface area contributed by atoms with Crippen molar-refractivity contribution in [1.82, 2.24) is 19.1 Å². The minimum absolute atomic E-state index is 0.745. The molecular formula is C21H23N5. The van der Waals surface area contributed by atoms with Crippen molar-refractivity contribution in [3.8, 4) is 0 Å². The van der Waals surface area contributed by atoms with E-state index < -0.39 is 0 Å². The first-order valence-corrected chi connectivity index (χ1v) is 9.26. The molecule has 5 heteroatoms. The Kier molecular flexibility index (Phi) is 4.52. The van der Waals surface area contributed by atoms with Gasteiger partial charge in [0.05, 0.1) is 28.3 Å². The Morgan fingerprint density at radius 1 is 0.885 bits per heavy atom. The molecule has 4 rings (SSSR count). The molecule has 0 bridgehead atoms. The van der Waals surface area contributed by atoms with Crippen molar-refractivity contribution in [2.45, 2.75) is 39.8 Å². The summed E-state index contributed by atoms with van der Waals surface area (Å²) < 4.78 is 4.38. The Morgan fingerprint density at radius 3 is 2.23 bits per heavy atom. The van der Waals surface area contributed by atoms with Crippen LogP contribution in [0.15, 0.2) is 53.5 Å². The van der Waals surface area contributed by atoms with Gasteiger partial charge in [0, 0.05) is 13.1 Å². The number of aromatic nitrogens is 4. The van der Waals surface area contributed by atoms with Gasteiger partial charge in [-0.25, -0.2) is 15.0 Å². The predicted octanol–water partition coefficient (Wildman–Crippen LogP) is 4.96. The monoisotopic (exact) mass is 345 g/mol.